The molecule has 0 atom stereocenters. The Bertz CT molecular complexity index is 541. The molecule has 0 unspecified atom stereocenters. The molecule has 0 fully saturated rings. The number of nitrogens with one attached hydrogen (secondary N) is 2. The maximum atomic E-state index is 11.0. The van der Waals surface area contributed by atoms with Gasteiger partial charge in [-0.1, -0.05) is 0 Å². The molecule has 1 aromatic rings. The summed E-state index contributed by atoms with van der Waals surface area (Å²) in [4.78, 5) is 5.75. The van der Waals surface area contributed by atoms with E-state index in [0.29, 0.717) is 19.5 Å². The Labute approximate surface area is 148 Å². The summed E-state index contributed by atoms with van der Waals surface area (Å²) in [5.74, 6) is 0.928. The van der Waals surface area contributed by atoms with Crippen molar-refractivity contribution in [3.63, 3.8) is 0 Å². The second-order valence-electron chi connectivity index (χ2n) is 4.63. The molecule has 0 amide bonds. The summed E-state index contributed by atoms with van der Waals surface area (Å²) in [7, 11) is -2.89. The monoisotopic (exact) mass is 445 g/mol. The van der Waals surface area contributed by atoms with Gasteiger partial charge in [0.05, 0.1) is 12.3 Å². The fraction of sp³-hybridized carbons (Fsp3) is 0.615. The number of guanidine groups is 1. The number of hydrogen-bond donors (Lipinski definition) is 2. The minimum atomic E-state index is -2.89. The van der Waals surface area contributed by atoms with Crippen molar-refractivity contribution in [2.45, 2.75) is 26.8 Å². The third-order valence-corrected chi connectivity index (χ3v) is 4.72. The van der Waals surface area contributed by atoms with Crippen molar-refractivity contribution in [1.82, 2.24) is 10.6 Å². The van der Waals surface area contributed by atoms with Crippen LogP contribution in [0.25, 0.3) is 0 Å². The van der Waals surface area contributed by atoms with Crippen LogP contribution in [0.3, 0.4) is 0 Å². The molecule has 0 aliphatic rings. The normalized spacial score (nSPS) is 11.9. The summed E-state index contributed by atoms with van der Waals surface area (Å²) < 4.78 is 22.1. The van der Waals surface area contributed by atoms with Crippen molar-refractivity contribution in [3.8, 4) is 0 Å². The van der Waals surface area contributed by atoms with Crippen LogP contribution in [-0.2, 0) is 16.4 Å². The van der Waals surface area contributed by atoms with Crippen LogP contribution in [0.4, 0.5) is 0 Å². The molecule has 0 bridgehead atoms. The fourth-order valence-electron chi connectivity index (χ4n) is 1.60. The van der Waals surface area contributed by atoms with Gasteiger partial charge in [-0.15, -0.1) is 35.3 Å². The van der Waals surface area contributed by atoms with E-state index in [1.54, 1.807) is 11.3 Å². The molecule has 122 valence electrons. The predicted octanol–water partition coefficient (Wildman–Crippen LogP) is 2.16. The Balaban J connectivity index is 0.00000400. The second-order valence-corrected chi connectivity index (χ2v) is 7.89. The van der Waals surface area contributed by atoms with Gasteiger partial charge in [0, 0.05) is 24.2 Å². The third kappa shape index (κ3) is 9.30. The van der Waals surface area contributed by atoms with E-state index in [1.807, 2.05) is 6.92 Å². The molecule has 0 radical (unpaired) electrons. The van der Waals surface area contributed by atoms with E-state index >= 15 is 0 Å². The number of aryl methyl sites for hydroxylation is 1. The molecule has 5 nitrogen and oxygen atoms in total. The molecule has 0 aromatic carbocycles. The number of aliphatic imine (C=N–C) groups is 1. The van der Waals surface area contributed by atoms with Crippen molar-refractivity contribution in [1.29, 1.82) is 0 Å². The Morgan fingerprint density at radius 3 is 2.62 bits per heavy atom. The van der Waals surface area contributed by atoms with E-state index < -0.39 is 9.84 Å². The lowest BCUT2D eigenvalue weighted by Crippen LogP contribution is -2.38. The third-order valence-electron chi connectivity index (χ3n) is 2.68. The summed E-state index contributed by atoms with van der Waals surface area (Å²) in [6, 6.07) is 2.09. The molecule has 21 heavy (non-hydrogen) atoms. The van der Waals surface area contributed by atoms with Crippen molar-refractivity contribution < 1.29 is 8.42 Å². The van der Waals surface area contributed by atoms with Crippen LogP contribution in [0.5, 0.6) is 0 Å². The van der Waals surface area contributed by atoms with Gasteiger partial charge in [0.15, 0.2) is 5.96 Å². The van der Waals surface area contributed by atoms with Gasteiger partial charge >= 0.3 is 0 Å². The van der Waals surface area contributed by atoms with Crippen LogP contribution in [0.15, 0.2) is 16.4 Å². The maximum Gasteiger partial charge on any atom is 0.191 e. The minimum Gasteiger partial charge on any atom is -0.357 e. The summed E-state index contributed by atoms with van der Waals surface area (Å²) in [6.45, 7) is 6.10. The Kier molecular flexibility index (Phi) is 10.2. The van der Waals surface area contributed by atoms with Crippen molar-refractivity contribution >= 4 is 51.1 Å². The van der Waals surface area contributed by atoms with E-state index in [4.69, 9.17) is 0 Å². The Hall–Kier alpha value is -0.350. The van der Waals surface area contributed by atoms with E-state index in [-0.39, 0.29) is 29.7 Å². The lowest BCUT2D eigenvalue weighted by molar-refractivity contribution is 0.598. The highest BCUT2D eigenvalue weighted by molar-refractivity contribution is 14.0. The van der Waals surface area contributed by atoms with Gasteiger partial charge < -0.3 is 10.6 Å². The molecule has 2 N–H and O–H groups in total. The highest BCUT2D eigenvalue weighted by Gasteiger charge is 2.03. The maximum absolute atomic E-state index is 11.0. The van der Waals surface area contributed by atoms with E-state index in [2.05, 4.69) is 34.0 Å². The van der Waals surface area contributed by atoms with Crippen molar-refractivity contribution in [3.05, 3.63) is 21.9 Å². The fourth-order valence-corrected chi connectivity index (χ4v) is 3.10. The highest BCUT2D eigenvalue weighted by Crippen LogP contribution is 2.16. The molecule has 0 saturated carbocycles. The van der Waals surface area contributed by atoms with Crippen molar-refractivity contribution in [2.24, 2.45) is 4.99 Å². The molecule has 1 heterocycles. The molecule has 0 spiro atoms. The van der Waals surface area contributed by atoms with Gasteiger partial charge in [0.25, 0.3) is 0 Å². The lowest BCUT2D eigenvalue weighted by atomic mass is 10.3. The van der Waals surface area contributed by atoms with Gasteiger partial charge in [0.1, 0.15) is 9.84 Å². The first kappa shape index (κ1) is 20.6. The molecule has 1 aromatic heterocycles. The molecule has 0 aliphatic heterocycles. The van der Waals surface area contributed by atoms with Crippen LogP contribution in [-0.4, -0.2) is 39.5 Å². The van der Waals surface area contributed by atoms with E-state index in [9.17, 15) is 8.42 Å². The number of sulfone groups is 1. The summed E-state index contributed by atoms with van der Waals surface area (Å²) in [5, 5.41) is 8.37. The number of halogens is 1. The van der Waals surface area contributed by atoms with Gasteiger partial charge in [-0.25, -0.2) is 13.4 Å². The number of thiophene rings is 1. The number of nitrogens with zero attached hydrogens (tertiary/aromatic N) is 1. The standard InChI is InChI=1S/C13H23N3O2S2.HI/c1-4-14-13(15-7-5-9-20(3,17)18)16-10-12-11(2)6-8-19-12;/h6,8H,4-5,7,9-10H2,1-3H3,(H2,14,15,16);1H. The molecule has 8 heteroatoms. The van der Waals surface area contributed by atoms with Crippen molar-refractivity contribution in [2.75, 3.05) is 25.1 Å². The lowest BCUT2D eigenvalue weighted by Gasteiger charge is -2.10. The van der Waals surface area contributed by atoms with Gasteiger partial charge in [-0.3, -0.25) is 0 Å². The van der Waals surface area contributed by atoms with Gasteiger partial charge in [0.2, 0.25) is 0 Å². The second kappa shape index (κ2) is 10.4. The quantitative estimate of drug-likeness (QED) is 0.292. The zero-order valence-corrected chi connectivity index (χ0v) is 16.6. The summed E-state index contributed by atoms with van der Waals surface area (Å²) >= 11 is 1.70. The number of hydrogen-bond acceptors (Lipinski definition) is 4. The van der Waals surface area contributed by atoms with Gasteiger partial charge in [-0.05, 0) is 37.3 Å². The first-order valence-corrected chi connectivity index (χ1v) is 9.59. The van der Waals surface area contributed by atoms with Gasteiger partial charge in [-0.2, -0.15) is 0 Å². The summed E-state index contributed by atoms with van der Waals surface area (Å²) in [5.41, 5.74) is 1.26. The number of rotatable bonds is 7. The average Bonchev–Trinajstić information content (AvgIpc) is 2.76. The zero-order valence-electron chi connectivity index (χ0n) is 12.7. The highest BCUT2D eigenvalue weighted by atomic mass is 127. The zero-order chi connectivity index (χ0) is 15.0. The largest absolute Gasteiger partial charge is 0.357 e. The molecular weight excluding hydrogens is 421 g/mol. The molecule has 0 aliphatic carbocycles. The molecule has 0 saturated heterocycles. The summed E-state index contributed by atoms with van der Waals surface area (Å²) in [6.07, 6.45) is 1.84. The Morgan fingerprint density at radius 2 is 2.10 bits per heavy atom. The van der Waals surface area contributed by atoms with Crippen LogP contribution in [0.1, 0.15) is 23.8 Å². The SMILES string of the molecule is CCNC(=NCc1sccc1C)NCCCS(C)(=O)=O.I. The smallest absolute Gasteiger partial charge is 0.191 e. The van der Waals surface area contributed by atoms with Crippen LogP contribution in [0.2, 0.25) is 0 Å². The van der Waals surface area contributed by atoms with Crippen LogP contribution < -0.4 is 10.6 Å². The average molecular weight is 445 g/mol. The van der Waals surface area contributed by atoms with Crippen LogP contribution in [0, 0.1) is 6.92 Å². The predicted molar refractivity (Wildman–Crippen MR) is 102 cm³/mol. The molecular formula is C13H24IN3O2S2. The van der Waals surface area contributed by atoms with E-state index in [0.717, 1.165) is 12.5 Å². The van der Waals surface area contributed by atoms with E-state index in [1.165, 1.54) is 16.7 Å². The Morgan fingerprint density at radius 1 is 1.38 bits per heavy atom. The first-order chi connectivity index (χ1) is 9.42. The minimum absolute atomic E-state index is 0. The first-order valence-electron chi connectivity index (χ1n) is 6.65. The molecule has 1 rings (SSSR count). The topological polar surface area (TPSA) is 70.6 Å². The van der Waals surface area contributed by atoms with Crippen LogP contribution >= 0.6 is 35.3 Å².